The van der Waals surface area contributed by atoms with Gasteiger partial charge in [0.25, 0.3) is 10.0 Å². The molecule has 0 unspecified atom stereocenters. The van der Waals surface area contributed by atoms with Gasteiger partial charge in [-0.15, -0.1) is 0 Å². The number of methoxy groups -OCH3 is 1. The molecule has 0 radical (unpaired) electrons. The van der Waals surface area contributed by atoms with E-state index >= 15 is 0 Å². The molecule has 0 aliphatic rings. The highest BCUT2D eigenvalue weighted by Gasteiger charge is 2.21. The number of carbonyl (C=O) groups excluding carboxylic acids is 1. The van der Waals surface area contributed by atoms with E-state index in [1.54, 1.807) is 13.0 Å². The quantitative estimate of drug-likeness (QED) is 0.580. The number of aliphatic hydroxyl groups excluding tert-OH is 1. The highest BCUT2D eigenvalue weighted by molar-refractivity contribution is 7.92. The first-order valence-electron chi connectivity index (χ1n) is 8.92. The van der Waals surface area contributed by atoms with Crippen LogP contribution in [0.3, 0.4) is 0 Å². The molecule has 28 heavy (non-hydrogen) atoms. The van der Waals surface area contributed by atoms with Crippen LogP contribution < -0.4 is 4.72 Å². The molecule has 2 aromatic rings. The van der Waals surface area contributed by atoms with E-state index in [9.17, 15) is 23.4 Å². The van der Waals surface area contributed by atoms with Crippen LogP contribution in [0.5, 0.6) is 5.75 Å². The van der Waals surface area contributed by atoms with Crippen molar-refractivity contribution in [3.63, 3.8) is 0 Å². The van der Waals surface area contributed by atoms with Gasteiger partial charge in [-0.3, -0.25) is 4.72 Å². The third kappa shape index (κ3) is 5.24. The first-order valence-corrected chi connectivity index (χ1v) is 10.4. The van der Waals surface area contributed by atoms with Gasteiger partial charge in [0.15, 0.2) is 0 Å². The monoisotopic (exact) mass is 407 g/mol. The molecule has 3 N–H and O–H groups in total. The van der Waals surface area contributed by atoms with Gasteiger partial charge in [-0.25, -0.2) is 13.2 Å². The summed E-state index contributed by atoms with van der Waals surface area (Å²) in [6, 6.07) is 8.95. The van der Waals surface area contributed by atoms with Crippen molar-refractivity contribution >= 4 is 21.7 Å². The second kappa shape index (κ2) is 9.07. The number of phenols is 1. The molecule has 0 aromatic heterocycles. The molecule has 0 bridgehead atoms. The number of hydrogen-bond donors (Lipinski definition) is 3. The summed E-state index contributed by atoms with van der Waals surface area (Å²) in [4.78, 5) is 11.6. The van der Waals surface area contributed by atoms with Crippen molar-refractivity contribution in [2.45, 2.75) is 44.1 Å². The van der Waals surface area contributed by atoms with E-state index in [1.165, 1.54) is 6.07 Å². The Balaban J connectivity index is 2.42. The fourth-order valence-corrected chi connectivity index (χ4v) is 3.80. The van der Waals surface area contributed by atoms with Crippen LogP contribution in [-0.2, 0) is 27.6 Å². The van der Waals surface area contributed by atoms with Gasteiger partial charge in [-0.1, -0.05) is 19.1 Å². The van der Waals surface area contributed by atoms with Crippen LogP contribution in [-0.4, -0.2) is 37.8 Å². The first kappa shape index (κ1) is 21.7. The Morgan fingerprint density at radius 1 is 1.21 bits per heavy atom. The van der Waals surface area contributed by atoms with E-state index in [1.807, 2.05) is 19.1 Å². The second-order valence-electron chi connectivity index (χ2n) is 6.51. The van der Waals surface area contributed by atoms with Crippen LogP contribution in [0.25, 0.3) is 0 Å². The van der Waals surface area contributed by atoms with Crippen LogP contribution in [0.4, 0.5) is 5.69 Å². The maximum absolute atomic E-state index is 12.9. The number of nitrogens with one attached hydrogen (secondary N) is 1. The molecule has 2 rings (SSSR count). The minimum atomic E-state index is -4.01. The Morgan fingerprint density at radius 3 is 2.54 bits per heavy atom. The molecule has 152 valence electrons. The molecule has 0 amide bonds. The number of ether oxygens (including phenoxy) is 1. The summed E-state index contributed by atoms with van der Waals surface area (Å²) in [7, 11) is -2.87. The fourth-order valence-electron chi connectivity index (χ4n) is 2.68. The summed E-state index contributed by atoms with van der Waals surface area (Å²) in [6.45, 7) is 3.64. The molecule has 0 aliphatic heterocycles. The lowest BCUT2D eigenvalue weighted by molar-refractivity contribution is 0.0597. The van der Waals surface area contributed by atoms with Crippen LogP contribution in [0, 0.1) is 0 Å². The lowest BCUT2D eigenvalue weighted by Gasteiger charge is -2.15. The number of benzene rings is 2. The topological polar surface area (TPSA) is 113 Å². The van der Waals surface area contributed by atoms with Crippen LogP contribution in [0.1, 0.15) is 41.8 Å². The number of anilines is 1. The van der Waals surface area contributed by atoms with Gasteiger partial charge in [0.2, 0.25) is 0 Å². The van der Waals surface area contributed by atoms with Crippen molar-refractivity contribution in [3.05, 3.63) is 53.1 Å². The predicted molar refractivity (Wildman–Crippen MR) is 106 cm³/mol. The fraction of sp³-hybridized carbons (Fsp3) is 0.350. The van der Waals surface area contributed by atoms with Gasteiger partial charge >= 0.3 is 5.97 Å². The maximum atomic E-state index is 12.9. The summed E-state index contributed by atoms with van der Waals surface area (Å²) < 4.78 is 32.9. The number of aryl methyl sites for hydroxylation is 2. The molecule has 2 aromatic carbocycles. The van der Waals surface area contributed by atoms with Crippen molar-refractivity contribution < 1.29 is 28.2 Å². The molecule has 0 aliphatic carbocycles. The van der Waals surface area contributed by atoms with Crippen molar-refractivity contribution in [3.8, 4) is 5.75 Å². The van der Waals surface area contributed by atoms with E-state index in [2.05, 4.69) is 9.46 Å². The molecular weight excluding hydrogens is 382 g/mol. The first-order chi connectivity index (χ1) is 13.2. The highest BCUT2D eigenvalue weighted by atomic mass is 32.2. The number of esters is 1. The predicted octanol–water partition coefficient (Wildman–Crippen LogP) is 2.86. The van der Waals surface area contributed by atoms with Crippen molar-refractivity contribution in [2.24, 2.45) is 0 Å². The standard InChI is InChI=1S/C20H25NO6S/c1-4-14-6-8-15(7-5-13(2)22)18(11-14)21-28(25,26)16-9-10-19(23)17(12-16)20(24)27-3/h6,8-13,21-23H,4-5,7H2,1-3H3/t13-/m1/s1. The molecule has 7 nitrogen and oxygen atoms in total. The SMILES string of the molecule is CCc1ccc(CC[C@@H](C)O)c(NS(=O)(=O)c2ccc(O)c(C(=O)OC)c2)c1. The van der Waals surface area contributed by atoms with Gasteiger partial charge in [0, 0.05) is 0 Å². The lowest BCUT2D eigenvalue weighted by atomic mass is 10.0. The van der Waals surface area contributed by atoms with Gasteiger partial charge < -0.3 is 14.9 Å². The Labute approximate surface area is 165 Å². The smallest absolute Gasteiger partial charge is 0.341 e. The third-order valence-electron chi connectivity index (χ3n) is 4.34. The largest absolute Gasteiger partial charge is 0.507 e. The van der Waals surface area contributed by atoms with Crippen molar-refractivity contribution in [1.82, 2.24) is 0 Å². The zero-order chi connectivity index (χ0) is 20.9. The van der Waals surface area contributed by atoms with E-state index < -0.39 is 22.1 Å². The Bertz CT molecular complexity index is 953. The molecule has 0 saturated heterocycles. The Hall–Kier alpha value is -2.58. The second-order valence-corrected chi connectivity index (χ2v) is 8.19. The summed E-state index contributed by atoms with van der Waals surface area (Å²) in [5, 5.41) is 19.3. The summed E-state index contributed by atoms with van der Waals surface area (Å²) in [5.74, 6) is -1.20. The summed E-state index contributed by atoms with van der Waals surface area (Å²) >= 11 is 0. The average Bonchev–Trinajstić information content (AvgIpc) is 2.66. The van der Waals surface area contributed by atoms with E-state index in [0.717, 1.165) is 36.8 Å². The number of sulfonamides is 1. The summed E-state index contributed by atoms with van der Waals surface area (Å²) in [5.41, 5.74) is 1.91. The van der Waals surface area contributed by atoms with Crippen molar-refractivity contribution in [2.75, 3.05) is 11.8 Å². The molecule has 0 fully saturated rings. The number of aliphatic hydroxyl groups is 1. The molecule has 1 atom stereocenters. The zero-order valence-corrected chi connectivity index (χ0v) is 16.9. The normalized spacial score (nSPS) is 12.4. The van der Waals surface area contributed by atoms with Crippen LogP contribution in [0.2, 0.25) is 0 Å². The summed E-state index contributed by atoms with van der Waals surface area (Å²) in [6.07, 6.45) is 1.22. The molecular formula is C20H25NO6S. The van der Waals surface area contributed by atoms with E-state index in [-0.39, 0.29) is 16.2 Å². The third-order valence-corrected chi connectivity index (χ3v) is 5.71. The van der Waals surface area contributed by atoms with E-state index in [4.69, 9.17) is 0 Å². The minimum absolute atomic E-state index is 0.172. The molecule has 0 heterocycles. The van der Waals surface area contributed by atoms with Crippen molar-refractivity contribution in [1.29, 1.82) is 0 Å². The average molecular weight is 407 g/mol. The van der Waals surface area contributed by atoms with Gasteiger partial charge in [-0.2, -0.15) is 0 Å². The van der Waals surface area contributed by atoms with Gasteiger partial charge in [-0.05, 0) is 61.6 Å². The number of hydrogen-bond acceptors (Lipinski definition) is 6. The number of phenolic OH excluding ortho intramolecular Hbond substituents is 1. The van der Waals surface area contributed by atoms with Crippen LogP contribution >= 0.6 is 0 Å². The highest BCUT2D eigenvalue weighted by Crippen LogP contribution is 2.27. The number of carbonyl (C=O) groups is 1. The molecule has 0 spiro atoms. The number of rotatable bonds is 8. The van der Waals surface area contributed by atoms with Crippen LogP contribution in [0.15, 0.2) is 41.3 Å². The van der Waals surface area contributed by atoms with Gasteiger partial charge in [0.1, 0.15) is 11.3 Å². The van der Waals surface area contributed by atoms with Gasteiger partial charge in [0.05, 0.1) is 23.8 Å². The Morgan fingerprint density at radius 2 is 1.93 bits per heavy atom. The minimum Gasteiger partial charge on any atom is -0.507 e. The number of aromatic hydroxyl groups is 1. The molecule has 0 saturated carbocycles. The van der Waals surface area contributed by atoms with E-state index in [0.29, 0.717) is 18.5 Å². The lowest BCUT2D eigenvalue weighted by Crippen LogP contribution is -2.16. The maximum Gasteiger partial charge on any atom is 0.341 e. The molecule has 8 heteroatoms. The Kier molecular flexibility index (Phi) is 7.04. The zero-order valence-electron chi connectivity index (χ0n) is 16.1.